The van der Waals surface area contributed by atoms with E-state index in [-0.39, 0.29) is 5.91 Å². The minimum absolute atomic E-state index is 0.181. The van der Waals surface area contributed by atoms with Crippen molar-refractivity contribution in [2.24, 2.45) is 5.92 Å². The Kier molecular flexibility index (Phi) is 4.84. The monoisotopic (exact) mass is 365 g/mol. The molecule has 0 bridgehead atoms. The molecule has 0 unspecified atom stereocenters. The molecule has 0 aliphatic heterocycles. The number of nitrogens with one attached hydrogen (secondary N) is 1. The minimum Gasteiger partial charge on any atom is -0.493 e. The molecule has 1 heterocycles. The van der Waals surface area contributed by atoms with Crippen LogP contribution in [-0.2, 0) is 4.79 Å². The predicted octanol–water partition coefficient (Wildman–Crippen LogP) is 4.86. The van der Waals surface area contributed by atoms with Crippen LogP contribution >= 0.6 is 0 Å². The Balaban J connectivity index is 1.64. The Labute approximate surface area is 157 Å². The third-order valence-electron chi connectivity index (χ3n) is 5.22. The van der Waals surface area contributed by atoms with E-state index in [4.69, 9.17) is 9.15 Å². The van der Waals surface area contributed by atoms with Gasteiger partial charge in [-0.05, 0) is 43.0 Å². The van der Waals surface area contributed by atoms with Gasteiger partial charge in [-0.1, -0.05) is 25.3 Å². The van der Waals surface area contributed by atoms with Crippen LogP contribution in [0.1, 0.15) is 39.0 Å². The van der Waals surface area contributed by atoms with Crippen molar-refractivity contribution < 1.29 is 13.9 Å². The molecule has 5 heteroatoms. The molecule has 1 aliphatic carbocycles. The molecule has 1 aliphatic rings. The van der Waals surface area contributed by atoms with Crippen molar-refractivity contribution in [2.75, 3.05) is 11.9 Å². The summed E-state index contributed by atoms with van der Waals surface area (Å²) in [6, 6.07) is 10.9. The summed E-state index contributed by atoms with van der Waals surface area (Å²) in [6.45, 7) is 2.14. The van der Waals surface area contributed by atoms with Gasteiger partial charge in [-0.25, -0.2) is 4.79 Å². The normalized spacial score (nSPS) is 15.1. The summed E-state index contributed by atoms with van der Waals surface area (Å²) < 4.78 is 11.5. The first-order valence-corrected chi connectivity index (χ1v) is 9.51. The van der Waals surface area contributed by atoms with Crippen molar-refractivity contribution in [1.29, 1.82) is 0 Å². The van der Waals surface area contributed by atoms with E-state index in [2.05, 4.69) is 5.32 Å². The summed E-state index contributed by atoms with van der Waals surface area (Å²) in [5, 5.41) is 4.79. The molecule has 4 rings (SSSR count). The van der Waals surface area contributed by atoms with Crippen LogP contribution < -0.4 is 15.7 Å². The number of anilines is 1. The van der Waals surface area contributed by atoms with Crippen molar-refractivity contribution in [3.05, 3.63) is 46.8 Å². The number of carbonyl (C=O) groups excluding carboxylic acids is 1. The van der Waals surface area contributed by atoms with E-state index < -0.39 is 5.63 Å². The van der Waals surface area contributed by atoms with Crippen molar-refractivity contribution >= 4 is 33.3 Å². The fourth-order valence-electron chi connectivity index (χ4n) is 3.85. The Morgan fingerprint density at radius 3 is 2.63 bits per heavy atom. The summed E-state index contributed by atoms with van der Waals surface area (Å²) in [7, 11) is 0. The number of carbonyl (C=O) groups is 1. The number of fused-ring (bicyclic) bond motifs is 3. The second-order valence-corrected chi connectivity index (χ2v) is 7.30. The van der Waals surface area contributed by atoms with E-state index in [1.54, 1.807) is 18.2 Å². The molecule has 0 spiro atoms. The predicted molar refractivity (Wildman–Crippen MR) is 106 cm³/mol. The Hall–Kier alpha value is -2.82. The van der Waals surface area contributed by atoms with Crippen molar-refractivity contribution in [2.45, 2.75) is 39.0 Å². The maximum absolute atomic E-state index is 12.4. The molecule has 1 aromatic heterocycles. The second-order valence-electron chi connectivity index (χ2n) is 7.30. The average Bonchev–Trinajstić information content (AvgIpc) is 2.67. The lowest BCUT2D eigenvalue weighted by atomic mass is 9.90. The van der Waals surface area contributed by atoms with Crippen LogP contribution in [0.2, 0.25) is 0 Å². The van der Waals surface area contributed by atoms with E-state index in [0.717, 1.165) is 16.5 Å². The van der Waals surface area contributed by atoms with Gasteiger partial charge in [0.05, 0.1) is 12.0 Å². The molecule has 2 aromatic carbocycles. The third kappa shape index (κ3) is 3.82. The van der Waals surface area contributed by atoms with Gasteiger partial charge in [-0.2, -0.15) is 0 Å². The Morgan fingerprint density at radius 2 is 1.85 bits per heavy atom. The van der Waals surface area contributed by atoms with Crippen LogP contribution in [0.4, 0.5) is 5.69 Å². The number of ether oxygens (including phenoxy) is 1. The number of rotatable bonds is 4. The van der Waals surface area contributed by atoms with Gasteiger partial charge in [-0.3, -0.25) is 4.79 Å². The third-order valence-corrected chi connectivity index (χ3v) is 5.22. The molecule has 0 saturated heterocycles. The number of hydrogen-bond donors (Lipinski definition) is 1. The van der Waals surface area contributed by atoms with E-state index in [1.165, 1.54) is 39.0 Å². The van der Waals surface area contributed by atoms with Crippen molar-refractivity contribution in [3.63, 3.8) is 0 Å². The zero-order valence-corrected chi connectivity index (χ0v) is 15.4. The molecule has 27 heavy (non-hydrogen) atoms. The molecular formula is C22H23NO4. The summed E-state index contributed by atoms with van der Waals surface area (Å²) in [5.74, 6) is 1.16. The average molecular weight is 365 g/mol. The van der Waals surface area contributed by atoms with E-state index in [1.807, 2.05) is 18.2 Å². The van der Waals surface area contributed by atoms with Crippen LogP contribution in [0.3, 0.4) is 0 Å². The fourth-order valence-corrected chi connectivity index (χ4v) is 3.85. The van der Waals surface area contributed by atoms with Gasteiger partial charge in [0, 0.05) is 29.4 Å². The zero-order valence-electron chi connectivity index (χ0n) is 15.4. The van der Waals surface area contributed by atoms with Gasteiger partial charge in [0.2, 0.25) is 5.91 Å². The maximum Gasteiger partial charge on any atom is 0.344 e. The molecule has 1 saturated carbocycles. The minimum atomic E-state index is -0.422. The topological polar surface area (TPSA) is 68.5 Å². The van der Waals surface area contributed by atoms with Crippen LogP contribution in [-0.4, -0.2) is 12.5 Å². The van der Waals surface area contributed by atoms with Crippen LogP contribution in [0.15, 0.2) is 45.6 Å². The SMILES string of the molecule is CC(=O)Nc1ccc2c(c1)c(=O)oc1cc(OCC3CCCCC3)ccc12. The zero-order chi connectivity index (χ0) is 18.8. The van der Waals surface area contributed by atoms with Gasteiger partial charge < -0.3 is 14.5 Å². The maximum atomic E-state index is 12.4. The van der Waals surface area contributed by atoms with Gasteiger partial charge in [0.1, 0.15) is 11.3 Å². The summed E-state index contributed by atoms with van der Waals surface area (Å²) in [5.41, 5.74) is 0.670. The smallest absolute Gasteiger partial charge is 0.344 e. The molecule has 0 atom stereocenters. The summed E-state index contributed by atoms with van der Waals surface area (Å²) in [4.78, 5) is 23.7. The number of benzene rings is 2. The highest BCUT2D eigenvalue weighted by Gasteiger charge is 2.15. The van der Waals surface area contributed by atoms with Gasteiger partial charge in [-0.15, -0.1) is 0 Å². The van der Waals surface area contributed by atoms with Gasteiger partial charge >= 0.3 is 5.63 Å². The van der Waals surface area contributed by atoms with Crippen LogP contribution in [0.25, 0.3) is 21.7 Å². The molecule has 1 N–H and O–H groups in total. The van der Waals surface area contributed by atoms with E-state index >= 15 is 0 Å². The fraction of sp³-hybridized carbons (Fsp3) is 0.364. The van der Waals surface area contributed by atoms with Crippen molar-refractivity contribution in [3.8, 4) is 5.75 Å². The number of amides is 1. The molecule has 1 amide bonds. The standard InChI is InChI=1S/C22H23NO4/c1-14(24)23-16-7-9-18-19-10-8-17(26-13-15-5-3-2-4-6-15)12-21(19)27-22(25)20(18)11-16/h7-12,15H,2-6,13H2,1H3,(H,23,24). The molecule has 0 radical (unpaired) electrons. The first-order valence-electron chi connectivity index (χ1n) is 9.51. The molecule has 3 aromatic rings. The Bertz CT molecular complexity index is 1050. The van der Waals surface area contributed by atoms with Crippen molar-refractivity contribution in [1.82, 2.24) is 0 Å². The highest BCUT2D eigenvalue weighted by atomic mass is 16.5. The lowest BCUT2D eigenvalue weighted by Crippen LogP contribution is -2.15. The molecule has 140 valence electrons. The van der Waals surface area contributed by atoms with Crippen LogP contribution in [0.5, 0.6) is 5.75 Å². The number of hydrogen-bond acceptors (Lipinski definition) is 4. The van der Waals surface area contributed by atoms with E-state index in [0.29, 0.717) is 29.2 Å². The lowest BCUT2D eigenvalue weighted by molar-refractivity contribution is -0.114. The quantitative estimate of drug-likeness (QED) is 0.529. The first-order chi connectivity index (χ1) is 13.1. The summed E-state index contributed by atoms with van der Waals surface area (Å²) >= 11 is 0. The second kappa shape index (κ2) is 7.43. The van der Waals surface area contributed by atoms with Gasteiger partial charge in [0.15, 0.2) is 0 Å². The molecule has 1 fully saturated rings. The van der Waals surface area contributed by atoms with Crippen LogP contribution in [0, 0.1) is 5.92 Å². The lowest BCUT2D eigenvalue weighted by Gasteiger charge is -2.21. The molecule has 5 nitrogen and oxygen atoms in total. The first kappa shape index (κ1) is 17.6. The van der Waals surface area contributed by atoms with E-state index in [9.17, 15) is 9.59 Å². The highest BCUT2D eigenvalue weighted by Crippen LogP contribution is 2.29. The summed E-state index contributed by atoms with van der Waals surface area (Å²) in [6.07, 6.45) is 6.35. The largest absolute Gasteiger partial charge is 0.493 e. The Morgan fingerprint density at radius 1 is 1.07 bits per heavy atom. The highest BCUT2D eigenvalue weighted by molar-refractivity contribution is 6.06. The van der Waals surface area contributed by atoms with Gasteiger partial charge in [0.25, 0.3) is 0 Å². The molecular weight excluding hydrogens is 342 g/mol.